The summed E-state index contributed by atoms with van der Waals surface area (Å²) in [6.07, 6.45) is 1.70. The third-order valence-corrected chi connectivity index (χ3v) is 4.13. The Hall–Kier alpha value is -3.25. The van der Waals surface area contributed by atoms with Gasteiger partial charge in [-0.1, -0.05) is 18.2 Å². The molecular formula is C21H22N4O2. The van der Waals surface area contributed by atoms with Crippen LogP contribution in [-0.4, -0.2) is 48.9 Å². The normalized spacial score (nSPS) is 10.8. The molecule has 27 heavy (non-hydrogen) atoms. The number of hydrogen-bond acceptors (Lipinski definition) is 4. The van der Waals surface area contributed by atoms with E-state index in [1.165, 1.54) is 0 Å². The number of fused-ring (bicyclic) bond motifs is 1. The second kappa shape index (κ2) is 8.42. The van der Waals surface area contributed by atoms with Crippen molar-refractivity contribution in [3.63, 3.8) is 0 Å². The lowest BCUT2D eigenvalue weighted by Gasteiger charge is -2.11. The molecular weight excluding hydrogens is 340 g/mol. The number of amides is 2. The van der Waals surface area contributed by atoms with Gasteiger partial charge in [-0.05, 0) is 50.5 Å². The number of nitrogens with one attached hydrogen (secondary N) is 2. The highest BCUT2D eigenvalue weighted by Crippen LogP contribution is 2.21. The van der Waals surface area contributed by atoms with Gasteiger partial charge in [0.2, 0.25) is 0 Å². The van der Waals surface area contributed by atoms with Crippen molar-refractivity contribution in [1.29, 1.82) is 0 Å². The summed E-state index contributed by atoms with van der Waals surface area (Å²) in [5.41, 5.74) is 2.40. The lowest BCUT2D eigenvalue weighted by Crippen LogP contribution is -2.31. The van der Waals surface area contributed by atoms with Crippen molar-refractivity contribution < 1.29 is 9.59 Å². The van der Waals surface area contributed by atoms with Crippen LogP contribution in [0.3, 0.4) is 0 Å². The highest BCUT2D eigenvalue weighted by atomic mass is 16.2. The summed E-state index contributed by atoms with van der Waals surface area (Å²) in [7, 11) is 3.90. The molecule has 2 amide bonds. The smallest absolute Gasteiger partial charge is 0.255 e. The van der Waals surface area contributed by atoms with Crippen LogP contribution in [0.5, 0.6) is 0 Å². The summed E-state index contributed by atoms with van der Waals surface area (Å²) in [6, 6.07) is 16.0. The van der Waals surface area contributed by atoms with Gasteiger partial charge in [0.25, 0.3) is 11.8 Å². The van der Waals surface area contributed by atoms with Crippen LogP contribution in [0.15, 0.2) is 60.8 Å². The van der Waals surface area contributed by atoms with E-state index in [2.05, 4.69) is 15.6 Å². The number of para-hydroxylation sites is 1. The van der Waals surface area contributed by atoms with Crippen LogP contribution in [0.25, 0.3) is 10.9 Å². The molecule has 0 aliphatic rings. The van der Waals surface area contributed by atoms with Crippen LogP contribution in [-0.2, 0) is 0 Å². The second-order valence-electron chi connectivity index (χ2n) is 6.47. The first-order valence-electron chi connectivity index (χ1n) is 8.72. The van der Waals surface area contributed by atoms with Crippen LogP contribution >= 0.6 is 0 Å². The predicted molar refractivity (Wildman–Crippen MR) is 107 cm³/mol. The zero-order valence-corrected chi connectivity index (χ0v) is 15.4. The molecule has 0 aliphatic heterocycles. The van der Waals surface area contributed by atoms with Gasteiger partial charge in [0.05, 0.1) is 11.2 Å². The second-order valence-corrected chi connectivity index (χ2v) is 6.47. The van der Waals surface area contributed by atoms with E-state index in [1.54, 1.807) is 30.5 Å². The number of rotatable bonds is 6. The minimum atomic E-state index is -0.243. The fraction of sp³-hybridized carbons (Fsp3) is 0.190. The molecule has 138 valence electrons. The molecule has 0 atom stereocenters. The van der Waals surface area contributed by atoms with Crippen LogP contribution < -0.4 is 10.6 Å². The average Bonchev–Trinajstić information content (AvgIpc) is 2.68. The highest BCUT2D eigenvalue weighted by molar-refractivity contribution is 6.08. The summed E-state index contributed by atoms with van der Waals surface area (Å²) in [4.78, 5) is 31.0. The summed E-state index contributed by atoms with van der Waals surface area (Å²) in [5, 5.41) is 6.70. The van der Waals surface area contributed by atoms with E-state index < -0.39 is 0 Å². The molecule has 0 unspecified atom stereocenters. The van der Waals surface area contributed by atoms with Gasteiger partial charge in [-0.2, -0.15) is 0 Å². The molecule has 0 aliphatic carbocycles. The van der Waals surface area contributed by atoms with Gasteiger partial charge in [0.1, 0.15) is 0 Å². The van der Waals surface area contributed by atoms with Crippen LogP contribution in [0.1, 0.15) is 20.7 Å². The SMILES string of the molecule is CN(C)CCNC(=O)c1ccc(C(=O)Nc2cccc3cccnc23)cc1. The van der Waals surface area contributed by atoms with Gasteiger partial charge in [0.15, 0.2) is 0 Å². The maximum absolute atomic E-state index is 12.5. The van der Waals surface area contributed by atoms with Gasteiger partial charge in [-0.25, -0.2) is 0 Å². The monoisotopic (exact) mass is 362 g/mol. The van der Waals surface area contributed by atoms with Crippen LogP contribution in [0, 0.1) is 0 Å². The predicted octanol–water partition coefficient (Wildman–Crippen LogP) is 2.78. The van der Waals surface area contributed by atoms with Crippen molar-refractivity contribution in [1.82, 2.24) is 15.2 Å². The van der Waals surface area contributed by atoms with Crippen molar-refractivity contribution in [3.8, 4) is 0 Å². The minimum Gasteiger partial charge on any atom is -0.351 e. The van der Waals surface area contributed by atoms with Crippen LogP contribution in [0.2, 0.25) is 0 Å². The Labute approximate surface area is 158 Å². The number of nitrogens with zero attached hydrogens (tertiary/aromatic N) is 2. The third kappa shape index (κ3) is 4.68. The van der Waals surface area contributed by atoms with Crippen molar-refractivity contribution in [2.75, 3.05) is 32.5 Å². The fourth-order valence-corrected chi connectivity index (χ4v) is 2.67. The molecule has 1 heterocycles. The number of anilines is 1. The van der Waals surface area contributed by atoms with Crippen molar-refractivity contribution in [3.05, 3.63) is 71.9 Å². The molecule has 0 radical (unpaired) electrons. The molecule has 0 fully saturated rings. The van der Waals surface area contributed by atoms with Gasteiger partial charge < -0.3 is 15.5 Å². The van der Waals surface area contributed by atoms with E-state index in [9.17, 15) is 9.59 Å². The molecule has 0 saturated carbocycles. The third-order valence-electron chi connectivity index (χ3n) is 4.13. The quantitative estimate of drug-likeness (QED) is 0.707. The molecule has 3 rings (SSSR count). The molecule has 2 aromatic carbocycles. The lowest BCUT2D eigenvalue weighted by atomic mass is 10.1. The van der Waals surface area contributed by atoms with E-state index in [0.717, 1.165) is 17.4 Å². The number of likely N-dealkylation sites (N-methyl/N-ethyl adjacent to an activating group) is 1. The molecule has 0 saturated heterocycles. The van der Waals surface area contributed by atoms with Gasteiger partial charge in [0, 0.05) is 35.8 Å². The first kappa shape index (κ1) is 18.5. The van der Waals surface area contributed by atoms with E-state index in [4.69, 9.17) is 0 Å². The van der Waals surface area contributed by atoms with Crippen molar-refractivity contribution >= 4 is 28.4 Å². The minimum absolute atomic E-state index is 0.151. The number of benzene rings is 2. The topological polar surface area (TPSA) is 74.3 Å². The molecule has 0 bridgehead atoms. The molecule has 2 N–H and O–H groups in total. The first-order chi connectivity index (χ1) is 13.0. The molecule has 6 heteroatoms. The van der Waals surface area contributed by atoms with E-state index in [0.29, 0.717) is 23.4 Å². The van der Waals surface area contributed by atoms with Gasteiger partial charge in [-0.15, -0.1) is 0 Å². The fourth-order valence-electron chi connectivity index (χ4n) is 2.67. The van der Waals surface area contributed by atoms with Crippen LogP contribution in [0.4, 0.5) is 5.69 Å². The zero-order valence-electron chi connectivity index (χ0n) is 15.4. The number of aromatic nitrogens is 1. The molecule has 6 nitrogen and oxygen atoms in total. The zero-order chi connectivity index (χ0) is 19.2. The summed E-state index contributed by atoms with van der Waals surface area (Å²) in [5.74, 6) is -0.394. The van der Waals surface area contributed by atoms with Gasteiger partial charge in [-0.3, -0.25) is 14.6 Å². The summed E-state index contributed by atoms with van der Waals surface area (Å²) >= 11 is 0. The highest BCUT2D eigenvalue weighted by Gasteiger charge is 2.11. The number of carbonyl (C=O) groups excluding carboxylic acids is 2. The number of pyridine rings is 1. The number of carbonyl (C=O) groups is 2. The largest absolute Gasteiger partial charge is 0.351 e. The molecule has 1 aromatic heterocycles. The summed E-state index contributed by atoms with van der Waals surface area (Å²) < 4.78 is 0. The maximum Gasteiger partial charge on any atom is 0.255 e. The Bertz CT molecular complexity index is 947. The Morgan fingerprint density at radius 2 is 1.59 bits per heavy atom. The standard InChI is InChI=1S/C21H22N4O2/c1-25(2)14-13-23-20(26)16-8-10-17(11-9-16)21(27)24-18-7-3-5-15-6-4-12-22-19(15)18/h3-12H,13-14H2,1-2H3,(H,23,26)(H,24,27). The molecule has 0 spiro atoms. The lowest BCUT2D eigenvalue weighted by molar-refractivity contribution is 0.0949. The van der Waals surface area contributed by atoms with E-state index in [1.807, 2.05) is 49.3 Å². The van der Waals surface area contributed by atoms with Crippen molar-refractivity contribution in [2.24, 2.45) is 0 Å². The van der Waals surface area contributed by atoms with E-state index >= 15 is 0 Å². The van der Waals surface area contributed by atoms with Gasteiger partial charge >= 0.3 is 0 Å². The Kier molecular flexibility index (Phi) is 5.78. The average molecular weight is 362 g/mol. The Balaban J connectivity index is 1.68. The first-order valence-corrected chi connectivity index (χ1v) is 8.72. The molecule has 3 aromatic rings. The Morgan fingerprint density at radius 1 is 0.926 bits per heavy atom. The number of hydrogen-bond donors (Lipinski definition) is 2. The summed E-state index contributed by atoms with van der Waals surface area (Å²) in [6.45, 7) is 1.34. The Morgan fingerprint density at radius 3 is 2.30 bits per heavy atom. The maximum atomic E-state index is 12.5. The van der Waals surface area contributed by atoms with E-state index in [-0.39, 0.29) is 11.8 Å². The van der Waals surface area contributed by atoms with Crippen molar-refractivity contribution in [2.45, 2.75) is 0 Å².